The van der Waals surface area contributed by atoms with Gasteiger partial charge in [-0.15, -0.1) is 0 Å². The zero-order valence-corrected chi connectivity index (χ0v) is 19.5. The first-order valence-corrected chi connectivity index (χ1v) is 11.3. The van der Waals surface area contributed by atoms with Crippen LogP contribution in [-0.4, -0.2) is 53.6 Å². The Hall–Kier alpha value is -3.16. The van der Waals surface area contributed by atoms with E-state index < -0.39 is 0 Å². The molecule has 2 aromatic carbocycles. The minimum atomic E-state index is -0.0821. The van der Waals surface area contributed by atoms with Gasteiger partial charge >= 0.3 is 0 Å². The van der Waals surface area contributed by atoms with Crippen LogP contribution in [-0.2, 0) is 20.8 Å². The molecule has 0 N–H and O–H groups in total. The fourth-order valence-corrected chi connectivity index (χ4v) is 4.05. The first-order valence-electron chi connectivity index (χ1n) is 11.3. The van der Waals surface area contributed by atoms with Crippen molar-refractivity contribution in [3.05, 3.63) is 71.4 Å². The van der Waals surface area contributed by atoms with Gasteiger partial charge in [0.1, 0.15) is 12.4 Å². The van der Waals surface area contributed by atoms with Crippen LogP contribution in [0.3, 0.4) is 0 Å². The van der Waals surface area contributed by atoms with E-state index in [0.29, 0.717) is 19.0 Å². The molecular formula is C26H31N3O4. The van der Waals surface area contributed by atoms with Crippen molar-refractivity contribution in [2.45, 2.75) is 39.3 Å². The Morgan fingerprint density at radius 1 is 1.18 bits per heavy atom. The largest absolute Gasteiger partial charge is 0.439 e. The van der Waals surface area contributed by atoms with Gasteiger partial charge in [-0.25, -0.2) is 4.68 Å². The van der Waals surface area contributed by atoms with Crippen LogP contribution in [0.15, 0.2) is 54.6 Å². The third kappa shape index (κ3) is 5.61. The summed E-state index contributed by atoms with van der Waals surface area (Å²) >= 11 is 0. The molecule has 1 aromatic heterocycles. The molecule has 1 fully saturated rings. The second-order valence-corrected chi connectivity index (χ2v) is 8.38. The van der Waals surface area contributed by atoms with Gasteiger partial charge in [-0.1, -0.05) is 30.3 Å². The highest BCUT2D eigenvalue weighted by molar-refractivity contribution is 5.77. The van der Waals surface area contributed by atoms with Crippen LogP contribution in [0.2, 0.25) is 0 Å². The molecule has 1 atom stereocenters. The van der Waals surface area contributed by atoms with Crippen LogP contribution in [0, 0.1) is 13.8 Å². The summed E-state index contributed by atoms with van der Waals surface area (Å²) in [7, 11) is 1.53. The second kappa shape index (κ2) is 10.6. The number of ether oxygens (including phenoxy) is 3. The molecule has 1 aliphatic rings. The zero-order valence-electron chi connectivity index (χ0n) is 19.5. The molecule has 174 valence electrons. The molecule has 33 heavy (non-hydrogen) atoms. The maximum atomic E-state index is 12.9. The Morgan fingerprint density at radius 2 is 2.00 bits per heavy atom. The highest BCUT2D eigenvalue weighted by atomic mass is 16.5. The van der Waals surface area contributed by atoms with E-state index in [1.54, 1.807) is 9.58 Å². The lowest BCUT2D eigenvalue weighted by Gasteiger charge is -2.25. The number of nitrogens with zero attached hydrogens (tertiary/aromatic N) is 3. The number of rotatable bonds is 9. The van der Waals surface area contributed by atoms with Crippen molar-refractivity contribution < 1.29 is 19.0 Å². The summed E-state index contributed by atoms with van der Waals surface area (Å²) in [5.41, 5.74) is 3.67. The summed E-state index contributed by atoms with van der Waals surface area (Å²) in [4.78, 5) is 14.7. The Morgan fingerprint density at radius 3 is 2.70 bits per heavy atom. The second-order valence-electron chi connectivity index (χ2n) is 8.38. The molecule has 4 rings (SSSR count). The van der Waals surface area contributed by atoms with Crippen molar-refractivity contribution in [2.24, 2.45) is 0 Å². The molecular weight excluding hydrogens is 418 g/mol. The molecule has 1 aliphatic heterocycles. The van der Waals surface area contributed by atoms with Gasteiger partial charge in [-0.3, -0.25) is 4.79 Å². The number of hydrogen-bond donors (Lipinski definition) is 0. The van der Waals surface area contributed by atoms with Gasteiger partial charge < -0.3 is 19.1 Å². The van der Waals surface area contributed by atoms with E-state index in [9.17, 15) is 4.79 Å². The molecule has 2 heterocycles. The molecule has 0 unspecified atom stereocenters. The fourth-order valence-electron chi connectivity index (χ4n) is 4.05. The average molecular weight is 450 g/mol. The van der Waals surface area contributed by atoms with Crippen LogP contribution in [0.5, 0.6) is 11.6 Å². The first kappa shape index (κ1) is 23.0. The van der Waals surface area contributed by atoms with E-state index in [2.05, 4.69) is 0 Å². The number of amides is 1. The quantitative estimate of drug-likeness (QED) is 0.483. The predicted octanol–water partition coefficient (Wildman–Crippen LogP) is 4.44. The normalized spacial score (nSPS) is 15.5. The smallest absolute Gasteiger partial charge is 0.248 e. The van der Waals surface area contributed by atoms with Crippen molar-refractivity contribution in [3.63, 3.8) is 0 Å². The van der Waals surface area contributed by atoms with Gasteiger partial charge in [0.25, 0.3) is 0 Å². The number of para-hydroxylation sites is 1. The highest BCUT2D eigenvalue weighted by Gasteiger charge is 2.27. The summed E-state index contributed by atoms with van der Waals surface area (Å²) in [5.74, 6) is 1.25. The van der Waals surface area contributed by atoms with Crippen LogP contribution in [0.1, 0.15) is 29.7 Å². The lowest BCUT2D eigenvalue weighted by atomic mass is 10.2. The molecule has 3 aromatic rings. The van der Waals surface area contributed by atoms with E-state index in [1.807, 2.05) is 68.4 Å². The molecule has 7 heteroatoms. The summed E-state index contributed by atoms with van der Waals surface area (Å²) in [6.45, 7) is 5.61. The molecule has 0 radical (unpaired) electrons. The summed E-state index contributed by atoms with van der Waals surface area (Å²) in [5, 5.41) is 4.78. The van der Waals surface area contributed by atoms with Crippen molar-refractivity contribution in [1.29, 1.82) is 0 Å². The van der Waals surface area contributed by atoms with Crippen molar-refractivity contribution in [1.82, 2.24) is 14.7 Å². The number of carbonyl (C=O) groups excluding carboxylic acids is 1. The van der Waals surface area contributed by atoms with Crippen LogP contribution in [0.4, 0.5) is 0 Å². The Bertz CT molecular complexity index is 1070. The predicted molar refractivity (Wildman–Crippen MR) is 126 cm³/mol. The van der Waals surface area contributed by atoms with Crippen LogP contribution >= 0.6 is 0 Å². The molecule has 1 saturated heterocycles. The monoisotopic (exact) mass is 449 g/mol. The minimum Gasteiger partial charge on any atom is -0.439 e. The van der Waals surface area contributed by atoms with E-state index in [1.165, 1.54) is 7.11 Å². The number of benzene rings is 2. The molecule has 0 aliphatic carbocycles. The van der Waals surface area contributed by atoms with Crippen molar-refractivity contribution >= 4 is 5.91 Å². The fraction of sp³-hybridized carbons (Fsp3) is 0.385. The Labute approximate surface area is 194 Å². The topological polar surface area (TPSA) is 65.8 Å². The van der Waals surface area contributed by atoms with E-state index in [0.717, 1.165) is 47.7 Å². The van der Waals surface area contributed by atoms with Gasteiger partial charge in [0.2, 0.25) is 11.8 Å². The van der Waals surface area contributed by atoms with Gasteiger partial charge in [0.05, 0.1) is 29.6 Å². The molecule has 0 bridgehead atoms. The van der Waals surface area contributed by atoms with Gasteiger partial charge in [-0.2, -0.15) is 5.10 Å². The molecule has 0 saturated carbocycles. The number of aryl methyl sites for hydroxylation is 2. The zero-order chi connectivity index (χ0) is 23.2. The van der Waals surface area contributed by atoms with Crippen molar-refractivity contribution in [3.8, 4) is 17.3 Å². The molecule has 0 spiro atoms. The van der Waals surface area contributed by atoms with Crippen LogP contribution < -0.4 is 4.74 Å². The lowest BCUT2D eigenvalue weighted by Crippen LogP contribution is -2.39. The number of methoxy groups -OCH3 is 1. The van der Waals surface area contributed by atoms with Gasteiger partial charge in [0, 0.05) is 20.3 Å². The minimum absolute atomic E-state index is 0.0205. The van der Waals surface area contributed by atoms with E-state index >= 15 is 0 Å². The lowest BCUT2D eigenvalue weighted by molar-refractivity contribution is -0.137. The summed E-state index contributed by atoms with van der Waals surface area (Å²) < 4.78 is 19.2. The summed E-state index contributed by atoms with van der Waals surface area (Å²) in [6, 6.07) is 17.8. The van der Waals surface area contributed by atoms with Gasteiger partial charge in [-0.05, 0) is 56.5 Å². The number of aromatic nitrogens is 2. The summed E-state index contributed by atoms with van der Waals surface area (Å²) in [6.07, 6.45) is 2.01. The highest BCUT2D eigenvalue weighted by Crippen LogP contribution is 2.32. The van der Waals surface area contributed by atoms with Crippen LogP contribution in [0.25, 0.3) is 5.69 Å². The first-order chi connectivity index (χ1) is 16.0. The average Bonchev–Trinajstić information content (AvgIpc) is 3.43. The maximum Gasteiger partial charge on any atom is 0.248 e. The Balaban J connectivity index is 1.72. The maximum absolute atomic E-state index is 12.9. The SMILES string of the molecule is COCC(=O)N(Cc1c(C)nn(-c2ccccc2)c1Oc1cccc(C)c1)C[C@H]1CCCO1. The Kier molecular flexibility index (Phi) is 7.42. The third-order valence-corrected chi connectivity index (χ3v) is 5.76. The van der Waals surface area contributed by atoms with Crippen molar-refractivity contribution in [2.75, 3.05) is 26.9 Å². The number of carbonyl (C=O) groups is 1. The van der Waals surface area contributed by atoms with E-state index in [-0.39, 0.29) is 18.6 Å². The van der Waals surface area contributed by atoms with Gasteiger partial charge in [0.15, 0.2) is 0 Å². The third-order valence-electron chi connectivity index (χ3n) is 5.76. The van der Waals surface area contributed by atoms with E-state index in [4.69, 9.17) is 19.3 Å². The molecule has 1 amide bonds. The molecule has 7 nitrogen and oxygen atoms in total. The standard InChI is InChI=1S/C26H31N3O4/c1-19-9-7-12-22(15-19)33-26-24(20(2)27-29(26)21-10-5-4-6-11-21)17-28(25(30)18-31-3)16-23-13-8-14-32-23/h4-7,9-12,15,23H,8,13-14,16-18H2,1-3H3/t23-/m1/s1. The number of hydrogen-bond acceptors (Lipinski definition) is 5.